The van der Waals surface area contributed by atoms with Crippen LogP contribution in [0.1, 0.15) is 31.4 Å². The van der Waals surface area contributed by atoms with E-state index < -0.39 is 9.84 Å². The Hall–Kier alpha value is -1.40. The lowest BCUT2D eigenvalue weighted by Crippen LogP contribution is -2.60. The van der Waals surface area contributed by atoms with Crippen LogP contribution in [0.25, 0.3) is 0 Å². The molecule has 0 aliphatic carbocycles. The van der Waals surface area contributed by atoms with Gasteiger partial charge in [-0.25, -0.2) is 8.42 Å². The molecule has 0 N–H and O–H groups in total. The summed E-state index contributed by atoms with van der Waals surface area (Å²) in [4.78, 5) is 16.3. The fourth-order valence-electron chi connectivity index (χ4n) is 4.01. The van der Waals surface area contributed by atoms with Crippen LogP contribution in [-0.4, -0.2) is 60.8 Å². The number of hydrogen-bond acceptors (Lipinski definition) is 4. The summed E-state index contributed by atoms with van der Waals surface area (Å²) in [6, 6.07) is 8.07. The van der Waals surface area contributed by atoms with Crippen molar-refractivity contribution in [2.75, 3.05) is 24.6 Å². The van der Waals surface area contributed by atoms with Crippen molar-refractivity contribution in [3.63, 3.8) is 0 Å². The SMILES string of the molecule is CCC(=O)N1CCN(Cc2ccccc2CC)[C@@H]2CS(=O)(=O)C[C@@H]21. The molecule has 1 aromatic rings. The summed E-state index contributed by atoms with van der Waals surface area (Å²) >= 11 is 0. The van der Waals surface area contributed by atoms with Gasteiger partial charge in [-0.2, -0.15) is 0 Å². The fourth-order valence-corrected chi connectivity index (χ4v) is 6.02. The highest BCUT2D eigenvalue weighted by molar-refractivity contribution is 7.91. The average molecular weight is 350 g/mol. The largest absolute Gasteiger partial charge is 0.336 e. The second-order valence-corrected chi connectivity index (χ2v) is 8.90. The first-order valence-electron chi connectivity index (χ1n) is 8.76. The van der Waals surface area contributed by atoms with Crippen LogP contribution in [0.15, 0.2) is 24.3 Å². The van der Waals surface area contributed by atoms with E-state index in [1.54, 1.807) is 4.90 Å². The number of aryl methyl sites for hydroxylation is 1. The van der Waals surface area contributed by atoms with Crippen molar-refractivity contribution in [1.82, 2.24) is 9.80 Å². The molecule has 2 fully saturated rings. The van der Waals surface area contributed by atoms with Crippen LogP contribution in [0.2, 0.25) is 0 Å². The van der Waals surface area contributed by atoms with Gasteiger partial charge in [0.15, 0.2) is 9.84 Å². The molecular weight excluding hydrogens is 324 g/mol. The minimum Gasteiger partial charge on any atom is -0.336 e. The second-order valence-electron chi connectivity index (χ2n) is 6.75. The summed E-state index contributed by atoms with van der Waals surface area (Å²) in [5, 5.41) is 0. The van der Waals surface area contributed by atoms with Gasteiger partial charge in [0.1, 0.15) is 0 Å². The summed E-state index contributed by atoms with van der Waals surface area (Å²) in [6.07, 6.45) is 1.40. The van der Waals surface area contributed by atoms with Gasteiger partial charge in [0.05, 0.1) is 17.5 Å². The molecule has 2 atom stereocenters. The van der Waals surface area contributed by atoms with Gasteiger partial charge in [0, 0.05) is 32.1 Å². The number of rotatable bonds is 4. The first-order chi connectivity index (χ1) is 11.4. The van der Waals surface area contributed by atoms with Crippen molar-refractivity contribution >= 4 is 15.7 Å². The Balaban J connectivity index is 1.84. The number of nitrogens with zero attached hydrogens (tertiary/aromatic N) is 2. The van der Waals surface area contributed by atoms with Crippen LogP contribution in [0.4, 0.5) is 0 Å². The van der Waals surface area contributed by atoms with E-state index in [9.17, 15) is 13.2 Å². The smallest absolute Gasteiger partial charge is 0.222 e. The normalized spacial score (nSPS) is 26.3. The van der Waals surface area contributed by atoms with Crippen molar-refractivity contribution in [3.05, 3.63) is 35.4 Å². The number of fused-ring (bicyclic) bond motifs is 1. The lowest BCUT2D eigenvalue weighted by Gasteiger charge is -2.44. The second kappa shape index (κ2) is 6.84. The van der Waals surface area contributed by atoms with Gasteiger partial charge in [-0.3, -0.25) is 9.69 Å². The first kappa shape index (κ1) is 17.4. The number of piperazine rings is 1. The molecule has 24 heavy (non-hydrogen) atoms. The molecule has 1 aromatic carbocycles. The topological polar surface area (TPSA) is 57.7 Å². The molecule has 0 spiro atoms. The minimum absolute atomic E-state index is 0.0655. The molecule has 1 amide bonds. The Morgan fingerprint density at radius 3 is 2.42 bits per heavy atom. The van der Waals surface area contributed by atoms with Crippen LogP contribution in [-0.2, 0) is 27.6 Å². The van der Waals surface area contributed by atoms with E-state index in [4.69, 9.17) is 0 Å². The zero-order chi connectivity index (χ0) is 17.3. The molecule has 2 heterocycles. The monoisotopic (exact) mass is 350 g/mol. The van der Waals surface area contributed by atoms with Crippen LogP contribution in [0.3, 0.4) is 0 Å². The maximum absolute atomic E-state index is 12.2. The van der Waals surface area contributed by atoms with Gasteiger partial charge in [0.2, 0.25) is 5.91 Å². The molecule has 0 saturated carbocycles. The molecule has 2 saturated heterocycles. The van der Waals surface area contributed by atoms with E-state index in [0.29, 0.717) is 13.0 Å². The van der Waals surface area contributed by atoms with Crippen LogP contribution >= 0.6 is 0 Å². The van der Waals surface area contributed by atoms with Gasteiger partial charge in [-0.1, -0.05) is 38.1 Å². The molecule has 2 aliphatic rings. The van der Waals surface area contributed by atoms with E-state index in [2.05, 4.69) is 24.0 Å². The zero-order valence-electron chi connectivity index (χ0n) is 14.4. The highest BCUT2D eigenvalue weighted by Crippen LogP contribution is 2.29. The van der Waals surface area contributed by atoms with Crippen LogP contribution in [0.5, 0.6) is 0 Å². The van der Waals surface area contributed by atoms with Crippen LogP contribution < -0.4 is 0 Å². The van der Waals surface area contributed by atoms with Crippen molar-refractivity contribution in [2.45, 2.75) is 45.3 Å². The summed E-state index contributed by atoms with van der Waals surface area (Å²) in [6.45, 7) is 6.09. The lowest BCUT2D eigenvalue weighted by molar-refractivity contribution is -0.136. The summed E-state index contributed by atoms with van der Waals surface area (Å²) in [5.41, 5.74) is 2.57. The average Bonchev–Trinajstić information content (AvgIpc) is 2.90. The first-order valence-corrected chi connectivity index (χ1v) is 10.6. The molecule has 2 aliphatic heterocycles. The molecular formula is C18H26N2O3S. The summed E-state index contributed by atoms with van der Waals surface area (Å²) in [5.74, 6) is 0.338. The molecule has 0 bridgehead atoms. The van der Waals surface area contributed by atoms with Gasteiger partial charge < -0.3 is 4.90 Å². The third-order valence-corrected chi connectivity index (χ3v) is 6.99. The summed E-state index contributed by atoms with van der Waals surface area (Å²) < 4.78 is 24.4. The van der Waals surface area contributed by atoms with Gasteiger partial charge in [-0.15, -0.1) is 0 Å². The van der Waals surface area contributed by atoms with Gasteiger partial charge in [-0.05, 0) is 17.5 Å². The molecule has 6 heteroatoms. The van der Waals surface area contributed by atoms with E-state index in [-0.39, 0.29) is 29.5 Å². The van der Waals surface area contributed by atoms with Crippen molar-refractivity contribution in [3.8, 4) is 0 Å². The van der Waals surface area contributed by atoms with Crippen molar-refractivity contribution < 1.29 is 13.2 Å². The van der Waals surface area contributed by atoms with E-state index in [1.165, 1.54) is 11.1 Å². The third-order valence-electron chi connectivity index (χ3n) is 5.29. The zero-order valence-corrected chi connectivity index (χ0v) is 15.3. The number of carbonyl (C=O) groups is 1. The van der Waals surface area contributed by atoms with E-state index in [0.717, 1.165) is 19.5 Å². The number of sulfone groups is 1. The molecule has 5 nitrogen and oxygen atoms in total. The predicted molar refractivity (Wildman–Crippen MR) is 94.5 cm³/mol. The molecule has 0 unspecified atom stereocenters. The Kier molecular flexibility index (Phi) is 4.97. The number of benzene rings is 1. The number of amides is 1. The fraction of sp³-hybridized carbons (Fsp3) is 0.611. The van der Waals surface area contributed by atoms with Gasteiger partial charge in [0.25, 0.3) is 0 Å². The van der Waals surface area contributed by atoms with Gasteiger partial charge >= 0.3 is 0 Å². The third kappa shape index (κ3) is 3.35. The maximum Gasteiger partial charge on any atom is 0.222 e. The molecule has 3 rings (SSSR count). The number of hydrogen-bond donors (Lipinski definition) is 0. The maximum atomic E-state index is 12.2. The predicted octanol–water partition coefficient (Wildman–Crippen LogP) is 1.47. The lowest BCUT2D eigenvalue weighted by atomic mass is 10.0. The highest BCUT2D eigenvalue weighted by atomic mass is 32.2. The Morgan fingerprint density at radius 2 is 1.75 bits per heavy atom. The van der Waals surface area contributed by atoms with Crippen molar-refractivity contribution in [1.29, 1.82) is 0 Å². The highest BCUT2D eigenvalue weighted by Gasteiger charge is 2.47. The quantitative estimate of drug-likeness (QED) is 0.825. The Bertz CT molecular complexity index is 717. The Labute approximate surface area is 144 Å². The molecule has 0 radical (unpaired) electrons. The molecule has 0 aromatic heterocycles. The summed E-state index contributed by atoms with van der Waals surface area (Å²) in [7, 11) is -3.08. The Morgan fingerprint density at radius 1 is 1.08 bits per heavy atom. The van der Waals surface area contributed by atoms with E-state index in [1.807, 2.05) is 19.1 Å². The minimum atomic E-state index is -3.08. The molecule has 132 valence electrons. The standard InChI is InChI=1S/C18H26N2O3S/c1-3-14-7-5-6-8-15(14)11-19-9-10-20(18(21)4-2)17-13-24(22,23)12-16(17)19/h5-8,16-17H,3-4,9-13H2,1-2H3/t16-,17+/m1/s1. The van der Waals surface area contributed by atoms with Crippen molar-refractivity contribution in [2.24, 2.45) is 0 Å². The van der Waals surface area contributed by atoms with E-state index >= 15 is 0 Å². The van der Waals surface area contributed by atoms with Crippen LogP contribution in [0, 0.1) is 0 Å². The number of carbonyl (C=O) groups excluding carboxylic acids is 1.